The number of amides is 1. The van der Waals surface area contributed by atoms with Gasteiger partial charge >= 0.3 is 0 Å². The lowest BCUT2D eigenvalue weighted by molar-refractivity contribution is 0.00397. The first-order chi connectivity index (χ1) is 9.70. The molecule has 0 unspecified atom stereocenters. The molecule has 0 radical (unpaired) electrons. The van der Waals surface area contributed by atoms with E-state index in [1.54, 1.807) is 18.3 Å². The van der Waals surface area contributed by atoms with Crippen molar-refractivity contribution in [2.75, 3.05) is 26.3 Å². The number of piperidine rings is 1. The second kappa shape index (κ2) is 7.71. The van der Waals surface area contributed by atoms with E-state index in [0.717, 1.165) is 12.8 Å². The topological polar surface area (TPSA) is 62.7 Å². The van der Waals surface area contributed by atoms with Crippen LogP contribution in [0.5, 0.6) is 0 Å². The third-order valence-electron chi connectivity index (χ3n) is 3.36. The number of aliphatic hydroxyl groups excluding tert-OH is 1. The van der Waals surface area contributed by atoms with Gasteiger partial charge in [0.25, 0.3) is 5.91 Å². The number of rotatable bonds is 5. The van der Waals surface area contributed by atoms with E-state index in [-0.39, 0.29) is 18.6 Å². The molecule has 0 saturated carbocycles. The molecule has 1 aromatic heterocycles. The molecule has 0 aliphatic carbocycles. The smallest absolute Gasteiger partial charge is 0.254 e. The molecule has 2 rings (SSSR count). The molecule has 0 spiro atoms. The van der Waals surface area contributed by atoms with Crippen molar-refractivity contribution in [3.05, 3.63) is 28.5 Å². The molecule has 1 fully saturated rings. The van der Waals surface area contributed by atoms with Gasteiger partial charge in [0.05, 0.1) is 6.10 Å². The van der Waals surface area contributed by atoms with Crippen molar-refractivity contribution in [3.8, 4) is 0 Å². The predicted molar refractivity (Wildman–Crippen MR) is 78.5 cm³/mol. The number of aromatic nitrogens is 1. The van der Waals surface area contributed by atoms with Gasteiger partial charge in [-0.1, -0.05) is 0 Å². The second-order valence-corrected chi connectivity index (χ2v) is 5.62. The molecule has 1 saturated heterocycles. The number of carbonyl (C=O) groups excluding carboxylic acids is 1. The summed E-state index contributed by atoms with van der Waals surface area (Å²) >= 11 is 3.28. The number of hydrogen-bond acceptors (Lipinski definition) is 4. The number of nitrogens with zero attached hydrogens (tertiary/aromatic N) is 2. The van der Waals surface area contributed by atoms with E-state index in [0.29, 0.717) is 36.3 Å². The van der Waals surface area contributed by atoms with Crippen molar-refractivity contribution >= 4 is 21.8 Å². The molecule has 0 bridgehead atoms. The van der Waals surface area contributed by atoms with Gasteiger partial charge in [-0.05, 0) is 47.3 Å². The number of carbonyl (C=O) groups is 1. The average Bonchev–Trinajstić information content (AvgIpc) is 2.47. The highest BCUT2D eigenvalue weighted by atomic mass is 79.9. The summed E-state index contributed by atoms with van der Waals surface area (Å²) in [6, 6.07) is 3.48. The van der Waals surface area contributed by atoms with Crippen molar-refractivity contribution in [3.63, 3.8) is 0 Å². The molecule has 5 nitrogen and oxygen atoms in total. The fraction of sp³-hybridized carbons (Fsp3) is 0.571. The van der Waals surface area contributed by atoms with E-state index in [2.05, 4.69) is 20.9 Å². The summed E-state index contributed by atoms with van der Waals surface area (Å²) in [7, 11) is 0. The Kier molecular flexibility index (Phi) is 5.94. The third-order valence-corrected chi connectivity index (χ3v) is 3.79. The summed E-state index contributed by atoms with van der Waals surface area (Å²) in [6.45, 7) is 2.17. The highest BCUT2D eigenvalue weighted by Crippen LogP contribution is 2.17. The van der Waals surface area contributed by atoms with Crippen molar-refractivity contribution < 1.29 is 14.6 Å². The monoisotopic (exact) mass is 342 g/mol. The lowest BCUT2D eigenvalue weighted by Crippen LogP contribution is -2.41. The maximum absolute atomic E-state index is 12.3. The molecule has 1 aliphatic rings. The molecular weight excluding hydrogens is 324 g/mol. The number of halogens is 1. The Bertz CT molecular complexity index is 448. The Morgan fingerprint density at radius 3 is 2.90 bits per heavy atom. The Balaban J connectivity index is 1.83. The summed E-state index contributed by atoms with van der Waals surface area (Å²) in [5, 5.41) is 8.72. The van der Waals surface area contributed by atoms with Crippen molar-refractivity contribution in [1.29, 1.82) is 0 Å². The van der Waals surface area contributed by atoms with Crippen LogP contribution < -0.4 is 0 Å². The van der Waals surface area contributed by atoms with Crippen molar-refractivity contribution in [2.45, 2.75) is 25.4 Å². The van der Waals surface area contributed by atoms with Crippen LogP contribution in [0.3, 0.4) is 0 Å². The molecule has 20 heavy (non-hydrogen) atoms. The van der Waals surface area contributed by atoms with Gasteiger partial charge in [0.15, 0.2) is 0 Å². The van der Waals surface area contributed by atoms with Gasteiger partial charge in [-0.3, -0.25) is 4.79 Å². The minimum absolute atomic E-state index is 0.0434. The van der Waals surface area contributed by atoms with E-state index >= 15 is 0 Å². The van der Waals surface area contributed by atoms with Crippen LogP contribution in [-0.4, -0.2) is 53.3 Å². The molecule has 1 amide bonds. The fourth-order valence-electron chi connectivity index (χ4n) is 2.26. The number of pyridine rings is 1. The number of hydrogen-bond donors (Lipinski definition) is 1. The molecule has 6 heteroatoms. The average molecular weight is 343 g/mol. The van der Waals surface area contributed by atoms with Crippen LogP contribution in [0.15, 0.2) is 22.9 Å². The normalized spacial score (nSPS) is 16.4. The van der Waals surface area contributed by atoms with Crippen LogP contribution in [0.1, 0.15) is 29.6 Å². The van der Waals surface area contributed by atoms with E-state index in [1.807, 2.05) is 4.90 Å². The number of aliphatic hydroxyl groups is 1. The van der Waals surface area contributed by atoms with Crippen molar-refractivity contribution in [2.24, 2.45) is 0 Å². The van der Waals surface area contributed by atoms with E-state index < -0.39 is 0 Å². The van der Waals surface area contributed by atoms with Gasteiger partial charge in [-0.2, -0.15) is 0 Å². The highest BCUT2D eigenvalue weighted by Gasteiger charge is 2.24. The first-order valence-electron chi connectivity index (χ1n) is 6.84. The van der Waals surface area contributed by atoms with Crippen LogP contribution in [0, 0.1) is 0 Å². The van der Waals surface area contributed by atoms with Crippen molar-refractivity contribution in [1.82, 2.24) is 9.88 Å². The Hall–Kier alpha value is -0.980. The Morgan fingerprint density at radius 1 is 1.50 bits per heavy atom. The standard InChI is InChI=1S/C14H19BrN2O3/c15-13-10-11(2-5-16-13)14(19)17-6-3-12(4-7-17)20-9-1-8-18/h2,5,10,12,18H,1,3-4,6-9H2. The van der Waals surface area contributed by atoms with Crippen LogP contribution in [0.25, 0.3) is 0 Å². The maximum atomic E-state index is 12.3. The molecule has 110 valence electrons. The molecule has 0 atom stereocenters. The van der Waals surface area contributed by atoms with Crippen LogP contribution in [-0.2, 0) is 4.74 Å². The first-order valence-corrected chi connectivity index (χ1v) is 7.63. The third kappa shape index (κ3) is 4.26. The van der Waals surface area contributed by atoms with Gasteiger partial charge in [0, 0.05) is 38.1 Å². The zero-order chi connectivity index (χ0) is 14.4. The maximum Gasteiger partial charge on any atom is 0.254 e. The van der Waals surface area contributed by atoms with Crippen LogP contribution >= 0.6 is 15.9 Å². The van der Waals surface area contributed by atoms with Gasteiger partial charge in [0.1, 0.15) is 4.60 Å². The predicted octanol–water partition coefficient (Wildman–Crippen LogP) is 1.85. The van der Waals surface area contributed by atoms with Crippen LogP contribution in [0.2, 0.25) is 0 Å². The molecule has 0 aromatic carbocycles. The Morgan fingerprint density at radius 2 is 2.25 bits per heavy atom. The SMILES string of the molecule is O=C(c1ccnc(Br)c1)N1CCC(OCCCO)CC1. The van der Waals surface area contributed by atoms with E-state index in [9.17, 15) is 4.79 Å². The van der Waals surface area contributed by atoms with Gasteiger partial charge in [-0.25, -0.2) is 4.98 Å². The van der Waals surface area contributed by atoms with Gasteiger partial charge in [-0.15, -0.1) is 0 Å². The largest absolute Gasteiger partial charge is 0.396 e. The summed E-state index contributed by atoms with van der Waals surface area (Å²) in [4.78, 5) is 18.2. The molecule has 1 aromatic rings. The summed E-state index contributed by atoms with van der Waals surface area (Å²) < 4.78 is 6.33. The summed E-state index contributed by atoms with van der Waals surface area (Å²) in [6.07, 6.45) is 4.20. The lowest BCUT2D eigenvalue weighted by Gasteiger charge is -2.32. The Labute approximate surface area is 127 Å². The number of ether oxygens (including phenoxy) is 1. The zero-order valence-corrected chi connectivity index (χ0v) is 12.9. The minimum atomic E-state index is 0.0434. The van der Waals surface area contributed by atoms with Gasteiger partial charge < -0.3 is 14.7 Å². The quantitative estimate of drug-likeness (QED) is 0.655. The lowest BCUT2D eigenvalue weighted by atomic mass is 10.1. The molecule has 2 heterocycles. The summed E-state index contributed by atoms with van der Waals surface area (Å²) in [5.41, 5.74) is 0.659. The minimum Gasteiger partial charge on any atom is -0.396 e. The molecular formula is C14H19BrN2O3. The first kappa shape index (κ1) is 15.4. The van der Waals surface area contributed by atoms with E-state index in [1.165, 1.54) is 0 Å². The molecule has 1 N–H and O–H groups in total. The van der Waals surface area contributed by atoms with Gasteiger partial charge in [0.2, 0.25) is 0 Å². The van der Waals surface area contributed by atoms with E-state index in [4.69, 9.17) is 9.84 Å². The number of likely N-dealkylation sites (tertiary alicyclic amines) is 1. The van der Waals surface area contributed by atoms with Crippen LogP contribution in [0.4, 0.5) is 0 Å². The zero-order valence-electron chi connectivity index (χ0n) is 11.3. The second-order valence-electron chi connectivity index (χ2n) is 4.81. The fourth-order valence-corrected chi connectivity index (χ4v) is 2.62. The summed E-state index contributed by atoms with van der Waals surface area (Å²) in [5.74, 6) is 0.0434. The highest BCUT2D eigenvalue weighted by molar-refractivity contribution is 9.10. The molecule has 1 aliphatic heterocycles.